The molecule has 0 fully saturated rings. The van der Waals surface area contributed by atoms with E-state index in [0.717, 1.165) is 11.3 Å². The summed E-state index contributed by atoms with van der Waals surface area (Å²) in [4.78, 5) is 0. The van der Waals surface area contributed by atoms with Crippen LogP contribution in [0.3, 0.4) is 0 Å². The molecule has 1 heteroatoms. The van der Waals surface area contributed by atoms with Gasteiger partial charge in [-0.1, -0.05) is 27.0 Å². The van der Waals surface area contributed by atoms with Gasteiger partial charge in [-0.05, 0) is 24.6 Å². The number of hydrogen-bond acceptors (Lipinski definition) is 0. The summed E-state index contributed by atoms with van der Waals surface area (Å²) in [5.74, 6) is 0. The fourth-order valence-electron chi connectivity index (χ4n) is 1.16. The molecule has 1 aromatic heterocycles. The van der Waals surface area contributed by atoms with E-state index in [1.807, 2.05) is 44.7 Å². The molecule has 0 aromatic carbocycles. The van der Waals surface area contributed by atoms with Crippen molar-refractivity contribution in [1.29, 1.82) is 0 Å². The van der Waals surface area contributed by atoms with Gasteiger partial charge in [0.15, 0.2) is 0 Å². The Morgan fingerprint density at radius 1 is 1.46 bits per heavy atom. The molecule has 0 spiro atoms. The molecule has 0 aliphatic heterocycles. The van der Waals surface area contributed by atoms with Crippen molar-refractivity contribution in [3.8, 4) is 0 Å². The van der Waals surface area contributed by atoms with E-state index in [1.165, 1.54) is 5.56 Å². The van der Waals surface area contributed by atoms with Crippen molar-refractivity contribution in [2.24, 2.45) is 7.05 Å². The van der Waals surface area contributed by atoms with Gasteiger partial charge in [0.25, 0.3) is 0 Å². The van der Waals surface area contributed by atoms with E-state index in [1.54, 1.807) is 0 Å². The molecular weight excluding hydrogens is 158 g/mol. The Morgan fingerprint density at radius 3 is 2.31 bits per heavy atom. The second-order valence-corrected chi connectivity index (χ2v) is 2.71. The smallest absolute Gasteiger partial charge is 0.0474 e. The van der Waals surface area contributed by atoms with Crippen LogP contribution in [0, 0.1) is 0 Å². The molecule has 1 nitrogen and oxygen atoms in total. The van der Waals surface area contributed by atoms with Crippen LogP contribution in [-0.4, -0.2) is 4.57 Å². The summed E-state index contributed by atoms with van der Waals surface area (Å²) in [7, 11) is 2.00. The van der Waals surface area contributed by atoms with E-state index in [2.05, 4.69) is 19.2 Å². The van der Waals surface area contributed by atoms with Gasteiger partial charge in [-0.15, -0.1) is 0 Å². The second kappa shape index (κ2) is 5.41. The Labute approximate surface area is 81.4 Å². The van der Waals surface area contributed by atoms with Gasteiger partial charge < -0.3 is 4.57 Å². The Morgan fingerprint density at radius 2 is 2.00 bits per heavy atom. The molecule has 0 bridgehead atoms. The van der Waals surface area contributed by atoms with Gasteiger partial charge in [0.05, 0.1) is 0 Å². The molecule has 1 aromatic rings. The number of aryl methyl sites for hydroxylation is 1. The minimum Gasteiger partial charge on any atom is -0.351 e. The quantitative estimate of drug-likeness (QED) is 0.648. The molecule has 0 radical (unpaired) electrons. The lowest BCUT2D eigenvalue weighted by molar-refractivity contribution is 0.914. The largest absolute Gasteiger partial charge is 0.351 e. The monoisotopic (exact) mass is 177 g/mol. The Balaban J connectivity index is 0.000000671. The van der Waals surface area contributed by atoms with Crippen molar-refractivity contribution >= 4 is 11.6 Å². The molecule has 0 saturated heterocycles. The number of aromatic nitrogens is 1. The van der Waals surface area contributed by atoms with Crippen LogP contribution in [0.4, 0.5) is 0 Å². The van der Waals surface area contributed by atoms with Crippen LogP contribution in [0.1, 0.15) is 32.0 Å². The summed E-state index contributed by atoms with van der Waals surface area (Å²) in [6, 6.07) is 2.05. The average molecular weight is 177 g/mol. The first-order chi connectivity index (χ1) is 6.16. The van der Waals surface area contributed by atoms with Gasteiger partial charge in [0.1, 0.15) is 0 Å². The Kier molecular flexibility index (Phi) is 4.90. The summed E-state index contributed by atoms with van der Waals surface area (Å²) < 4.78 is 2.04. The summed E-state index contributed by atoms with van der Waals surface area (Å²) in [6.45, 7) is 13.6. The zero-order chi connectivity index (χ0) is 10.4. The van der Waals surface area contributed by atoms with Crippen LogP contribution in [0.5, 0.6) is 0 Å². The maximum absolute atomic E-state index is 3.89. The summed E-state index contributed by atoms with van der Waals surface area (Å²) in [5, 5.41) is 0. The molecule has 1 heterocycles. The molecule has 0 unspecified atom stereocenters. The van der Waals surface area contributed by atoms with E-state index >= 15 is 0 Å². The predicted molar refractivity (Wildman–Crippen MR) is 61.6 cm³/mol. The normalized spacial score (nSPS) is 8.62. The van der Waals surface area contributed by atoms with Crippen LogP contribution >= 0.6 is 0 Å². The van der Waals surface area contributed by atoms with Crippen molar-refractivity contribution in [3.63, 3.8) is 0 Å². The van der Waals surface area contributed by atoms with Crippen LogP contribution in [0.25, 0.3) is 11.6 Å². The predicted octanol–water partition coefficient (Wildman–Crippen LogP) is 3.73. The molecule has 0 N–H and O–H groups in total. The third-order valence-electron chi connectivity index (χ3n) is 1.77. The molecule has 1 rings (SSSR count). The third kappa shape index (κ3) is 2.62. The third-order valence-corrected chi connectivity index (χ3v) is 1.77. The molecular formula is C12H19N. The zero-order valence-electron chi connectivity index (χ0n) is 9.09. The van der Waals surface area contributed by atoms with Gasteiger partial charge in [0, 0.05) is 24.5 Å². The van der Waals surface area contributed by atoms with Crippen molar-refractivity contribution in [3.05, 3.63) is 36.7 Å². The highest BCUT2D eigenvalue weighted by Gasteiger charge is 2.02. The van der Waals surface area contributed by atoms with E-state index < -0.39 is 0 Å². The molecule has 0 saturated carbocycles. The highest BCUT2D eigenvalue weighted by atomic mass is 14.9. The van der Waals surface area contributed by atoms with E-state index in [-0.39, 0.29) is 0 Å². The van der Waals surface area contributed by atoms with Crippen molar-refractivity contribution in [2.45, 2.75) is 20.8 Å². The van der Waals surface area contributed by atoms with Gasteiger partial charge in [-0.3, -0.25) is 0 Å². The Hall–Kier alpha value is -1.24. The van der Waals surface area contributed by atoms with Gasteiger partial charge in [-0.25, -0.2) is 0 Å². The molecule has 0 amide bonds. The van der Waals surface area contributed by atoms with Crippen molar-refractivity contribution in [2.75, 3.05) is 0 Å². The van der Waals surface area contributed by atoms with Crippen LogP contribution < -0.4 is 0 Å². The molecule has 0 atom stereocenters. The zero-order valence-corrected chi connectivity index (χ0v) is 9.09. The van der Waals surface area contributed by atoms with Crippen molar-refractivity contribution in [1.82, 2.24) is 4.57 Å². The maximum Gasteiger partial charge on any atom is 0.0474 e. The highest BCUT2D eigenvalue weighted by Crippen LogP contribution is 2.18. The summed E-state index contributed by atoms with van der Waals surface area (Å²) >= 11 is 0. The van der Waals surface area contributed by atoms with E-state index in [4.69, 9.17) is 0 Å². The molecule has 13 heavy (non-hydrogen) atoms. The fraction of sp³-hybridized carbons (Fsp3) is 0.333. The minimum absolute atomic E-state index is 1.08. The van der Waals surface area contributed by atoms with Gasteiger partial charge >= 0.3 is 0 Å². The Bertz CT molecular complexity index is 292. The SMILES string of the molecule is C=Cc1c(C(=C)C)ccn1C.CC. The summed E-state index contributed by atoms with van der Waals surface area (Å²) in [6.07, 6.45) is 3.87. The first-order valence-corrected chi connectivity index (χ1v) is 4.60. The average Bonchev–Trinajstić information content (AvgIpc) is 2.50. The summed E-state index contributed by atoms with van der Waals surface area (Å²) in [5.41, 5.74) is 3.40. The van der Waals surface area contributed by atoms with Crippen LogP contribution in [0.15, 0.2) is 25.4 Å². The lowest BCUT2D eigenvalue weighted by atomic mass is 10.1. The first-order valence-electron chi connectivity index (χ1n) is 4.60. The molecule has 0 aliphatic rings. The maximum atomic E-state index is 3.89. The van der Waals surface area contributed by atoms with Gasteiger partial charge in [-0.2, -0.15) is 0 Å². The lowest BCUT2D eigenvalue weighted by Crippen LogP contribution is -1.89. The fourth-order valence-corrected chi connectivity index (χ4v) is 1.16. The first kappa shape index (κ1) is 11.8. The van der Waals surface area contributed by atoms with Gasteiger partial charge in [0.2, 0.25) is 0 Å². The minimum atomic E-state index is 1.08. The topological polar surface area (TPSA) is 4.93 Å². The second-order valence-electron chi connectivity index (χ2n) is 2.71. The number of rotatable bonds is 2. The van der Waals surface area contributed by atoms with Crippen LogP contribution in [-0.2, 0) is 7.05 Å². The number of nitrogens with zero attached hydrogens (tertiary/aromatic N) is 1. The van der Waals surface area contributed by atoms with Crippen molar-refractivity contribution < 1.29 is 0 Å². The van der Waals surface area contributed by atoms with Crippen LogP contribution in [0.2, 0.25) is 0 Å². The lowest BCUT2D eigenvalue weighted by Gasteiger charge is -2.00. The number of hydrogen-bond donors (Lipinski definition) is 0. The number of allylic oxidation sites excluding steroid dienone is 1. The molecule has 72 valence electrons. The molecule has 0 aliphatic carbocycles. The van der Waals surface area contributed by atoms with E-state index in [0.29, 0.717) is 0 Å². The standard InChI is InChI=1S/C10H13N.C2H6/c1-5-10-9(8(2)3)6-7-11(10)4;1-2/h5-7H,1-2H2,3-4H3;1-2H3. The van der Waals surface area contributed by atoms with E-state index in [9.17, 15) is 0 Å². The highest BCUT2D eigenvalue weighted by molar-refractivity contribution is 5.70.